The summed E-state index contributed by atoms with van der Waals surface area (Å²) in [5, 5.41) is 2.06. The average molecular weight is 236 g/mol. The molecule has 0 radical (unpaired) electrons. The summed E-state index contributed by atoms with van der Waals surface area (Å²) in [5.41, 5.74) is 5.79. The normalized spacial score (nSPS) is 22.4. The van der Waals surface area contributed by atoms with Gasteiger partial charge >= 0.3 is 0 Å². The lowest BCUT2D eigenvalue weighted by Gasteiger charge is -2.28. The highest BCUT2D eigenvalue weighted by atomic mass is 15.5. The van der Waals surface area contributed by atoms with Crippen molar-refractivity contribution in [1.82, 2.24) is 5.43 Å². The summed E-state index contributed by atoms with van der Waals surface area (Å²) in [5.74, 6) is 0. The van der Waals surface area contributed by atoms with E-state index in [-0.39, 0.29) is 5.54 Å². The van der Waals surface area contributed by atoms with Gasteiger partial charge in [-0.3, -0.25) is 5.01 Å². The van der Waals surface area contributed by atoms with Crippen LogP contribution in [-0.4, -0.2) is 0 Å². The molecular formula is C16H16N2. The van der Waals surface area contributed by atoms with E-state index in [2.05, 4.69) is 66.0 Å². The fourth-order valence-corrected chi connectivity index (χ4v) is 2.23. The van der Waals surface area contributed by atoms with Crippen LogP contribution in [0.4, 0.5) is 5.69 Å². The Morgan fingerprint density at radius 3 is 2.17 bits per heavy atom. The van der Waals surface area contributed by atoms with E-state index in [0.717, 1.165) is 5.69 Å². The molecule has 1 N–H and O–H groups in total. The molecule has 2 nitrogen and oxygen atoms in total. The smallest absolute Gasteiger partial charge is 0.0795 e. The molecule has 0 bridgehead atoms. The second-order valence-electron chi connectivity index (χ2n) is 4.70. The highest BCUT2D eigenvalue weighted by Gasteiger charge is 2.29. The predicted octanol–water partition coefficient (Wildman–Crippen LogP) is 3.44. The second kappa shape index (κ2) is 4.31. The van der Waals surface area contributed by atoms with Crippen LogP contribution in [-0.2, 0) is 5.54 Å². The van der Waals surface area contributed by atoms with Gasteiger partial charge < -0.3 is 0 Å². The zero-order valence-electron chi connectivity index (χ0n) is 10.4. The molecule has 2 heteroatoms. The van der Waals surface area contributed by atoms with Crippen LogP contribution in [0.3, 0.4) is 0 Å². The summed E-state index contributed by atoms with van der Waals surface area (Å²) in [6, 6.07) is 20.8. The monoisotopic (exact) mass is 236 g/mol. The SMILES string of the molecule is CC1(c2ccccc2)C=CN(c2ccccc2)N1. The quantitative estimate of drug-likeness (QED) is 0.859. The molecule has 0 spiro atoms. The van der Waals surface area contributed by atoms with Gasteiger partial charge in [0.2, 0.25) is 0 Å². The first-order valence-electron chi connectivity index (χ1n) is 6.15. The van der Waals surface area contributed by atoms with Gasteiger partial charge in [-0.25, -0.2) is 5.43 Å². The van der Waals surface area contributed by atoms with Crippen molar-refractivity contribution < 1.29 is 0 Å². The van der Waals surface area contributed by atoms with Crippen LogP contribution in [0, 0.1) is 0 Å². The van der Waals surface area contributed by atoms with Crippen LogP contribution in [0.5, 0.6) is 0 Å². The maximum Gasteiger partial charge on any atom is 0.0795 e. The third kappa shape index (κ3) is 1.91. The summed E-state index contributed by atoms with van der Waals surface area (Å²) >= 11 is 0. The number of hydrogen-bond donors (Lipinski definition) is 1. The summed E-state index contributed by atoms with van der Waals surface area (Å²) in [6.45, 7) is 2.18. The molecule has 0 aliphatic carbocycles. The highest BCUT2D eigenvalue weighted by Crippen LogP contribution is 2.29. The van der Waals surface area contributed by atoms with Crippen LogP contribution in [0.25, 0.3) is 0 Å². The first kappa shape index (κ1) is 11.1. The maximum absolute atomic E-state index is 3.52. The topological polar surface area (TPSA) is 15.3 Å². The number of anilines is 1. The van der Waals surface area contributed by atoms with Gasteiger partial charge in [0.15, 0.2) is 0 Å². The molecule has 0 saturated heterocycles. The van der Waals surface area contributed by atoms with Gasteiger partial charge in [0.25, 0.3) is 0 Å². The van der Waals surface area contributed by atoms with E-state index >= 15 is 0 Å². The van der Waals surface area contributed by atoms with E-state index in [1.165, 1.54) is 5.56 Å². The van der Waals surface area contributed by atoms with Crippen LogP contribution in [0.1, 0.15) is 12.5 Å². The molecule has 0 saturated carbocycles. The number of hydrogen-bond acceptors (Lipinski definition) is 2. The van der Waals surface area contributed by atoms with Gasteiger partial charge in [-0.15, -0.1) is 0 Å². The second-order valence-corrected chi connectivity index (χ2v) is 4.70. The van der Waals surface area contributed by atoms with Crippen LogP contribution in [0.2, 0.25) is 0 Å². The van der Waals surface area contributed by atoms with Crippen molar-refractivity contribution in [3.8, 4) is 0 Å². The van der Waals surface area contributed by atoms with E-state index < -0.39 is 0 Å². The Labute approximate surface area is 108 Å². The van der Waals surface area contributed by atoms with Crippen molar-refractivity contribution in [3.05, 3.63) is 78.5 Å². The Kier molecular flexibility index (Phi) is 2.65. The molecule has 1 aliphatic heterocycles. The van der Waals surface area contributed by atoms with Crippen LogP contribution < -0.4 is 10.4 Å². The molecule has 0 fully saturated rings. The maximum atomic E-state index is 3.52. The van der Waals surface area contributed by atoms with Crippen LogP contribution in [0.15, 0.2) is 72.9 Å². The zero-order chi connectivity index (χ0) is 12.4. The molecule has 2 aromatic rings. The zero-order valence-corrected chi connectivity index (χ0v) is 10.4. The third-order valence-corrected chi connectivity index (χ3v) is 3.32. The Bertz CT molecular complexity index is 548. The van der Waals surface area contributed by atoms with Crippen molar-refractivity contribution in [1.29, 1.82) is 0 Å². The minimum Gasteiger partial charge on any atom is -0.283 e. The van der Waals surface area contributed by atoms with Gasteiger partial charge in [-0.2, -0.15) is 0 Å². The molecule has 3 rings (SSSR count). The summed E-state index contributed by atoms with van der Waals surface area (Å²) in [6.07, 6.45) is 4.28. The fraction of sp³-hybridized carbons (Fsp3) is 0.125. The number of para-hydroxylation sites is 1. The molecule has 0 amide bonds. The molecule has 1 aliphatic rings. The fourth-order valence-electron chi connectivity index (χ4n) is 2.23. The number of nitrogens with zero attached hydrogens (tertiary/aromatic N) is 1. The lowest BCUT2D eigenvalue weighted by Crippen LogP contribution is -2.42. The van der Waals surface area contributed by atoms with Crippen molar-refractivity contribution >= 4 is 5.69 Å². The highest BCUT2D eigenvalue weighted by molar-refractivity contribution is 5.51. The lowest BCUT2D eigenvalue weighted by molar-refractivity contribution is 0.490. The van der Waals surface area contributed by atoms with E-state index in [1.807, 2.05) is 24.3 Å². The summed E-state index contributed by atoms with van der Waals surface area (Å²) in [4.78, 5) is 0. The number of rotatable bonds is 2. The molecule has 0 aromatic heterocycles. The molecular weight excluding hydrogens is 220 g/mol. The van der Waals surface area contributed by atoms with Crippen molar-refractivity contribution in [3.63, 3.8) is 0 Å². The largest absolute Gasteiger partial charge is 0.283 e. The lowest BCUT2D eigenvalue weighted by atomic mass is 9.94. The van der Waals surface area contributed by atoms with E-state index in [4.69, 9.17) is 0 Å². The van der Waals surface area contributed by atoms with Gasteiger partial charge in [0.1, 0.15) is 0 Å². The summed E-state index contributed by atoms with van der Waals surface area (Å²) in [7, 11) is 0. The Hall–Kier alpha value is -2.06. The Morgan fingerprint density at radius 2 is 1.50 bits per heavy atom. The van der Waals surface area contributed by atoms with E-state index in [1.54, 1.807) is 0 Å². The molecule has 1 atom stereocenters. The van der Waals surface area contributed by atoms with Crippen LogP contribution >= 0.6 is 0 Å². The Balaban J connectivity index is 1.86. The Morgan fingerprint density at radius 1 is 0.889 bits per heavy atom. The average Bonchev–Trinajstić information content (AvgIpc) is 2.85. The minimum absolute atomic E-state index is 0.142. The number of benzene rings is 2. The first-order valence-corrected chi connectivity index (χ1v) is 6.15. The van der Waals surface area contributed by atoms with Gasteiger partial charge in [-0.05, 0) is 30.7 Å². The molecule has 90 valence electrons. The molecule has 18 heavy (non-hydrogen) atoms. The standard InChI is InChI=1S/C16H16N2/c1-16(14-8-4-2-5-9-14)12-13-18(17-16)15-10-6-3-7-11-15/h2-13,17H,1H3. The molecule has 1 unspecified atom stereocenters. The van der Waals surface area contributed by atoms with Crippen molar-refractivity contribution in [2.45, 2.75) is 12.5 Å². The number of hydrazine groups is 1. The first-order chi connectivity index (χ1) is 8.78. The number of nitrogens with one attached hydrogen (secondary N) is 1. The minimum atomic E-state index is -0.142. The van der Waals surface area contributed by atoms with Gasteiger partial charge in [-0.1, -0.05) is 48.5 Å². The molecule has 1 heterocycles. The third-order valence-electron chi connectivity index (χ3n) is 3.32. The van der Waals surface area contributed by atoms with E-state index in [0.29, 0.717) is 0 Å². The van der Waals surface area contributed by atoms with Gasteiger partial charge in [0, 0.05) is 6.20 Å². The van der Waals surface area contributed by atoms with Crippen molar-refractivity contribution in [2.75, 3.05) is 5.01 Å². The summed E-state index contributed by atoms with van der Waals surface area (Å²) < 4.78 is 0. The van der Waals surface area contributed by atoms with Crippen molar-refractivity contribution in [2.24, 2.45) is 0 Å². The predicted molar refractivity (Wildman–Crippen MR) is 75.0 cm³/mol. The van der Waals surface area contributed by atoms with Gasteiger partial charge in [0.05, 0.1) is 11.2 Å². The molecule has 2 aromatic carbocycles. The van der Waals surface area contributed by atoms with E-state index in [9.17, 15) is 0 Å².